The highest BCUT2D eigenvalue weighted by atomic mass is 35.5. The Morgan fingerprint density at radius 2 is 1.45 bits per heavy atom. The molecule has 29 heavy (non-hydrogen) atoms. The van der Waals surface area contributed by atoms with Crippen LogP contribution in [-0.4, -0.2) is 11.3 Å². The van der Waals surface area contributed by atoms with Crippen LogP contribution in [0.4, 0.5) is 5.69 Å². The van der Waals surface area contributed by atoms with Crippen molar-refractivity contribution in [3.8, 4) is 0 Å². The van der Waals surface area contributed by atoms with E-state index >= 15 is 0 Å². The number of hydrogen-bond donors (Lipinski definition) is 2. The molecule has 4 aromatic carbocycles. The van der Waals surface area contributed by atoms with Crippen LogP contribution in [0.2, 0.25) is 5.02 Å². The molecular formula is C24H20ClN3S. The maximum absolute atomic E-state index is 6.66. The summed E-state index contributed by atoms with van der Waals surface area (Å²) in [4.78, 5) is 0. The van der Waals surface area contributed by atoms with Gasteiger partial charge in [0.25, 0.3) is 0 Å². The van der Waals surface area contributed by atoms with Gasteiger partial charge < -0.3 is 5.32 Å². The number of hydrazone groups is 1. The zero-order valence-electron chi connectivity index (χ0n) is 16.2. The molecule has 0 amide bonds. The molecule has 0 aliphatic carbocycles. The van der Waals surface area contributed by atoms with E-state index in [4.69, 9.17) is 23.8 Å². The number of halogens is 1. The van der Waals surface area contributed by atoms with Crippen LogP contribution in [0.3, 0.4) is 0 Å². The van der Waals surface area contributed by atoms with Crippen LogP contribution in [0.5, 0.6) is 0 Å². The Kier molecular flexibility index (Phi) is 5.47. The summed E-state index contributed by atoms with van der Waals surface area (Å²) in [7, 11) is 0. The lowest BCUT2D eigenvalue weighted by Crippen LogP contribution is -2.24. The van der Waals surface area contributed by atoms with Gasteiger partial charge >= 0.3 is 0 Å². The van der Waals surface area contributed by atoms with Crippen molar-refractivity contribution < 1.29 is 0 Å². The SMILES string of the molecule is Cc1cccc(NC(=S)NN=Cc2c3ccccc3c(Cl)c3ccccc23)c1C. The van der Waals surface area contributed by atoms with Gasteiger partial charge in [0.15, 0.2) is 5.11 Å². The highest BCUT2D eigenvalue weighted by Crippen LogP contribution is 2.35. The second-order valence-corrected chi connectivity index (χ2v) is 7.68. The molecule has 0 saturated heterocycles. The number of benzene rings is 4. The molecule has 0 unspecified atom stereocenters. The molecule has 0 fully saturated rings. The number of thiocarbonyl (C=S) groups is 1. The van der Waals surface area contributed by atoms with Crippen molar-refractivity contribution in [1.29, 1.82) is 0 Å². The first-order chi connectivity index (χ1) is 14.1. The van der Waals surface area contributed by atoms with Crippen LogP contribution in [0.15, 0.2) is 71.8 Å². The molecule has 0 bridgehead atoms. The molecule has 0 aliphatic heterocycles. The Hall–Kier alpha value is -2.95. The standard InChI is InChI=1S/C24H20ClN3S/c1-15-8-7-13-22(16(15)2)27-24(29)28-26-14-21-17-9-3-5-11-19(17)23(25)20-12-6-4-10-18(20)21/h3-14H,1-2H3,(H2,27,28,29). The lowest BCUT2D eigenvalue weighted by Gasteiger charge is -2.12. The normalized spacial score (nSPS) is 11.3. The van der Waals surface area contributed by atoms with Crippen LogP contribution >= 0.6 is 23.8 Å². The number of nitrogens with zero attached hydrogens (tertiary/aromatic N) is 1. The van der Waals surface area contributed by atoms with E-state index in [2.05, 4.69) is 47.9 Å². The van der Waals surface area contributed by atoms with Crippen molar-refractivity contribution in [2.24, 2.45) is 5.10 Å². The monoisotopic (exact) mass is 417 g/mol. The summed E-state index contributed by atoms with van der Waals surface area (Å²) in [6, 6.07) is 22.2. The number of aryl methyl sites for hydroxylation is 1. The number of nitrogens with one attached hydrogen (secondary N) is 2. The molecule has 0 atom stereocenters. The van der Waals surface area contributed by atoms with Gasteiger partial charge in [0.05, 0.1) is 11.2 Å². The Morgan fingerprint density at radius 1 is 0.862 bits per heavy atom. The lowest BCUT2D eigenvalue weighted by molar-refractivity contribution is 1.05. The molecule has 2 N–H and O–H groups in total. The lowest BCUT2D eigenvalue weighted by atomic mass is 9.97. The third kappa shape index (κ3) is 3.82. The highest BCUT2D eigenvalue weighted by Gasteiger charge is 2.10. The first-order valence-electron chi connectivity index (χ1n) is 9.31. The van der Waals surface area contributed by atoms with Crippen molar-refractivity contribution in [3.05, 3.63) is 88.4 Å². The molecule has 0 saturated carbocycles. The van der Waals surface area contributed by atoms with E-state index in [9.17, 15) is 0 Å². The Labute approximate surface area is 180 Å². The van der Waals surface area contributed by atoms with Crippen LogP contribution in [0.1, 0.15) is 16.7 Å². The minimum atomic E-state index is 0.442. The van der Waals surface area contributed by atoms with E-state index in [1.807, 2.05) is 48.5 Å². The molecular weight excluding hydrogens is 398 g/mol. The molecule has 0 aromatic heterocycles. The van der Waals surface area contributed by atoms with Gasteiger partial charge in [0.2, 0.25) is 0 Å². The minimum absolute atomic E-state index is 0.442. The topological polar surface area (TPSA) is 36.4 Å². The maximum atomic E-state index is 6.66. The molecule has 3 nitrogen and oxygen atoms in total. The maximum Gasteiger partial charge on any atom is 0.191 e. The molecule has 4 aromatic rings. The van der Waals surface area contributed by atoms with Gasteiger partial charge in [0.1, 0.15) is 0 Å². The van der Waals surface area contributed by atoms with E-state index in [1.54, 1.807) is 6.21 Å². The summed E-state index contributed by atoms with van der Waals surface area (Å²) in [6.45, 7) is 4.14. The summed E-state index contributed by atoms with van der Waals surface area (Å²) < 4.78 is 0. The number of hydrogen-bond acceptors (Lipinski definition) is 2. The minimum Gasteiger partial charge on any atom is -0.331 e. The molecule has 4 rings (SSSR count). The fourth-order valence-electron chi connectivity index (χ4n) is 3.44. The quantitative estimate of drug-likeness (QED) is 0.171. The number of anilines is 1. The Balaban J connectivity index is 1.65. The van der Waals surface area contributed by atoms with Crippen molar-refractivity contribution in [2.75, 3.05) is 5.32 Å². The molecule has 0 aliphatic rings. The summed E-state index contributed by atoms with van der Waals surface area (Å²) in [5, 5.41) is 12.9. The van der Waals surface area contributed by atoms with Crippen LogP contribution in [-0.2, 0) is 0 Å². The van der Waals surface area contributed by atoms with Crippen molar-refractivity contribution in [1.82, 2.24) is 5.43 Å². The van der Waals surface area contributed by atoms with Gasteiger partial charge in [-0.3, -0.25) is 5.43 Å². The van der Waals surface area contributed by atoms with Crippen molar-refractivity contribution in [3.63, 3.8) is 0 Å². The van der Waals surface area contributed by atoms with Gasteiger partial charge in [-0.1, -0.05) is 72.3 Å². The number of rotatable bonds is 3. The van der Waals surface area contributed by atoms with Crippen molar-refractivity contribution >= 4 is 62.4 Å². The second-order valence-electron chi connectivity index (χ2n) is 6.89. The molecule has 5 heteroatoms. The van der Waals surface area contributed by atoms with Gasteiger partial charge in [-0.15, -0.1) is 0 Å². The van der Waals surface area contributed by atoms with Gasteiger partial charge in [-0.05, 0) is 54.0 Å². The van der Waals surface area contributed by atoms with Gasteiger partial charge in [-0.25, -0.2) is 0 Å². The largest absolute Gasteiger partial charge is 0.331 e. The van der Waals surface area contributed by atoms with Gasteiger partial charge in [0, 0.05) is 22.0 Å². The average Bonchev–Trinajstić information content (AvgIpc) is 2.74. The van der Waals surface area contributed by atoms with E-state index < -0.39 is 0 Å². The summed E-state index contributed by atoms with van der Waals surface area (Å²) >= 11 is 12.1. The molecule has 0 heterocycles. The Morgan fingerprint density at radius 3 is 2.07 bits per heavy atom. The smallest absolute Gasteiger partial charge is 0.191 e. The summed E-state index contributed by atoms with van der Waals surface area (Å²) in [5.41, 5.74) is 7.27. The first kappa shape index (κ1) is 19.4. The molecule has 0 spiro atoms. The third-order valence-electron chi connectivity index (χ3n) is 5.12. The Bertz CT molecular complexity index is 1210. The van der Waals surface area contributed by atoms with Crippen LogP contribution < -0.4 is 10.7 Å². The van der Waals surface area contributed by atoms with Crippen LogP contribution in [0, 0.1) is 13.8 Å². The number of fused-ring (bicyclic) bond motifs is 2. The van der Waals surface area contributed by atoms with Gasteiger partial charge in [-0.2, -0.15) is 5.10 Å². The predicted octanol–water partition coefficient (Wildman–Crippen LogP) is 6.58. The van der Waals surface area contributed by atoms with E-state index in [0.717, 1.165) is 43.4 Å². The fraction of sp³-hybridized carbons (Fsp3) is 0.0833. The molecule has 0 radical (unpaired) electrons. The predicted molar refractivity (Wildman–Crippen MR) is 129 cm³/mol. The summed E-state index contributed by atoms with van der Waals surface area (Å²) in [6.07, 6.45) is 1.80. The molecule has 144 valence electrons. The fourth-order valence-corrected chi connectivity index (χ4v) is 3.93. The average molecular weight is 418 g/mol. The van der Waals surface area contributed by atoms with E-state index in [0.29, 0.717) is 5.11 Å². The van der Waals surface area contributed by atoms with Crippen molar-refractivity contribution in [2.45, 2.75) is 13.8 Å². The first-order valence-corrected chi connectivity index (χ1v) is 10.1. The van der Waals surface area contributed by atoms with E-state index in [-0.39, 0.29) is 0 Å². The zero-order valence-corrected chi connectivity index (χ0v) is 17.7. The zero-order chi connectivity index (χ0) is 20.4. The summed E-state index contributed by atoms with van der Waals surface area (Å²) in [5.74, 6) is 0. The second kappa shape index (κ2) is 8.19. The van der Waals surface area contributed by atoms with Crippen LogP contribution in [0.25, 0.3) is 21.5 Å². The van der Waals surface area contributed by atoms with E-state index in [1.165, 1.54) is 5.56 Å². The highest BCUT2D eigenvalue weighted by molar-refractivity contribution is 7.80. The third-order valence-corrected chi connectivity index (χ3v) is 5.72.